The van der Waals surface area contributed by atoms with E-state index in [1.165, 1.54) is 5.56 Å². The largest absolute Gasteiger partial charge is 0.504 e. The molecule has 2 aliphatic carbocycles. The van der Waals surface area contributed by atoms with Crippen LogP contribution in [0.25, 0.3) is 0 Å². The first-order chi connectivity index (χ1) is 10.5. The maximum atomic E-state index is 10.7. The maximum Gasteiger partial charge on any atom is 0.166 e. The Hall–Kier alpha value is -1.52. The van der Waals surface area contributed by atoms with Crippen LogP contribution in [-0.2, 0) is 11.8 Å². The molecule has 2 N–H and O–H groups in total. The van der Waals surface area contributed by atoms with Crippen molar-refractivity contribution in [2.24, 2.45) is 5.92 Å². The number of rotatable bonds is 0. The van der Waals surface area contributed by atoms with Gasteiger partial charge in [0.1, 0.15) is 11.7 Å². The summed E-state index contributed by atoms with van der Waals surface area (Å²) in [7, 11) is 2.19. The predicted molar refractivity (Wildman–Crippen MR) is 82.2 cm³/mol. The highest BCUT2D eigenvalue weighted by Gasteiger charge is 2.70. The van der Waals surface area contributed by atoms with Crippen LogP contribution in [0.4, 0.5) is 0 Å². The van der Waals surface area contributed by atoms with E-state index in [0.717, 1.165) is 24.9 Å². The molecule has 1 aromatic carbocycles. The van der Waals surface area contributed by atoms with Crippen LogP contribution in [0.3, 0.4) is 0 Å². The van der Waals surface area contributed by atoms with E-state index in [1.807, 2.05) is 19.1 Å². The Morgan fingerprint density at radius 2 is 2.14 bits per heavy atom. The molecule has 22 heavy (non-hydrogen) atoms. The summed E-state index contributed by atoms with van der Waals surface area (Å²) in [5, 5.41) is 21.0. The Kier molecular flexibility index (Phi) is 2.17. The number of hydrogen-bond donors (Lipinski definition) is 2. The number of phenolic OH excluding ortho intramolecular Hbond substituents is 1. The van der Waals surface area contributed by atoms with Crippen molar-refractivity contribution < 1.29 is 14.9 Å². The Morgan fingerprint density at radius 3 is 2.95 bits per heavy atom. The van der Waals surface area contributed by atoms with Crippen LogP contribution >= 0.6 is 0 Å². The van der Waals surface area contributed by atoms with Crippen molar-refractivity contribution >= 4 is 0 Å². The van der Waals surface area contributed by atoms with Gasteiger partial charge in [0.15, 0.2) is 11.5 Å². The third-order valence-corrected chi connectivity index (χ3v) is 6.77. The van der Waals surface area contributed by atoms with Crippen LogP contribution in [0.2, 0.25) is 0 Å². The molecule has 4 nitrogen and oxygen atoms in total. The van der Waals surface area contributed by atoms with Crippen molar-refractivity contribution in [2.45, 2.75) is 42.9 Å². The Bertz CT molecular complexity index is 715. The zero-order chi connectivity index (χ0) is 15.3. The lowest BCUT2D eigenvalue weighted by Crippen LogP contribution is -2.70. The summed E-state index contributed by atoms with van der Waals surface area (Å²) in [5.41, 5.74) is 1.52. The molecule has 1 fully saturated rings. The topological polar surface area (TPSA) is 52.9 Å². The van der Waals surface area contributed by atoms with Crippen LogP contribution in [0.15, 0.2) is 24.3 Å². The first-order valence-corrected chi connectivity index (χ1v) is 8.10. The number of piperidine rings is 1. The standard InChI is InChI=1S/C18H21NO3/c1-17-14(21)6-4-11-12-9-10-3-5-13(20)16(22-17)15(10)18(11,17)7-8-19(12)2/h3-6,11-12,14,20-21H,7-9H2,1-2H3/t11-,12+,14-,17-,18-/m0/s1. The molecule has 0 unspecified atom stereocenters. The summed E-state index contributed by atoms with van der Waals surface area (Å²) in [6.45, 7) is 3.01. The number of phenols is 1. The molecule has 4 heteroatoms. The smallest absolute Gasteiger partial charge is 0.166 e. The molecule has 0 radical (unpaired) electrons. The van der Waals surface area contributed by atoms with E-state index in [9.17, 15) is 10.2 Å². The molecule has 1 aromatic rings. The van der Waals surface area contributed by atoms with E-state index >= 15 is 0 Å². The number of aliphatic hydroxyl groups excluding tert-OH is 1. The highest BCUT2D eigenvalue weighted by molar-refractivity contribution is 5.63. The number of nitrogens with zero attached hydrogens (tertiary/aromatic N) is 1. The van der Waals surface area contributed by atoms with Crippen LogP contribution < -0.4 is 4.74 Å². The summed E-state index contributed by atoms with van der Waals surface area (Å²) in [6.07, 6.45) is 5.36. The lowest BCUT2D eigenvalue weighted by atomic mass is 9.49. The van der Waals surface area contributed by atoms with Crippen LogP contribution in [0, 0.1) is 5.92 Å². The van der Waals surface area contributed by atoms with Crippen LogP contribution in [0.5, 0.6) is 11.5 Å². The molecule has 1 saturated heterocycles. The second-order valence-electron chi connectivity index (χ2n) is 7.49. The number of ether oxygens (including phenoxy) is 1. The molecule has 4 aliphatic rings. The number of likely N-dealkylation sites (tertiary alicyclic amines) is 1. The van der Waals surface area contributed by atoms with E-state index in [1.54, 1.807) is 6.07 Å². The minimum Gasteiger partial charge on any atom is -0.504 e. The van der Waals surface area contributed by atoms with Gasteiger partial charge in [-0.05, 0) is 45.0 Å². The molecular weight excluding hydrogens is 278 g/mol. The quantitative estimate of drug-likeness (QED) is 0.714. The normalized spacial score (nSPS) is 44.6. The van der Waals surface area contributed by atoms with Crippen molar-refractivity contribution in [2.75, 3.05) is 13.6 Å². The fourth-order valence-electron chi connectivity index (χ4n) is 5.62. The molecule has 2 aliphatic heterocycles. The van der Waals surface area contributed by atoms with Gasteiger partial charge in [-0.2, -0.15) is 0 Å². The number of aromatic hydroxyl groups is 1. The fourth-order valence-corrected chi connectivity index (χ4v) is 5.62. The van der Waals surface area contributed by atoms with E-state index in [-0.39, 0.29) is 11.2 Å². The van der Waals surface area contributed by atoms with Crippen molar-refractivity contribution in [3.63, 3.8) is 0 Å². The summed E-state index contributed by atoms with van der Waals surface area (Å²) < 4.78 is 6.27. The summed E-state index contributed by atoms with van der Waals surface area (Å²) in [4.78, 5) is 2.44. The molecule has 5 rings (SSSR count). The van der Waals surface area contributed by atoms with E-state index in [4.69, 9.17) is 4.74 Å². The first-order valence-electron chi connectivity index (χ1n) is 8.10. The Balaban J connectivity index is 1.89. The molecule has 0 aromatic heterocycles. The second-order valence-corrected chi connectivity index (χ2v) is 7.49. The minimum absolute atomic E-state index is 0.201. The zero-order valence-electron chi connectivity index (χ0n) is 12.9. The number of hydrogen-bond acceptors (Lipinski definition) is 4. The third kappa shape index (κ3) is 1.14. The second kappa shape index (κ2) is 3.69. The first kappa shape index (κ1) is 13.0. The van der Waals surface area contributed by atoms with E-state index in [0.29, 0.717) is 17.7 Å². The minimum atomic E-state index is -0.692. The monoisotopic (exact) mass is 299 g/mol. The Labute approximate surface area is 130 Å². The van der Waals surface area contributed by atoms with Crippen LogP contribution in [0.1, 0.15) is 24.5 Å². The predicted octanol–water partition coefficient (Wildman–Crippen LogP) is 1.59. The van der Waals surface area contributed by atoms with Gasteiger partial charge in [0.05, 0.1) is 5.41 Å². The molecule has 116 valence electrons. The molecule has 1 spiro atoms. The molecule has 0 amide bonds. The van der Waals surface area contributed by atoms with Gasteiger partial charge in [0, 0.05) is 17.5 Å². The lowest BCUT2D eigenvalue weighted by molar-refractivity contribution is -0.110. The van der Waals surface area contributed by atoms with E-state index < -0.39 is 11.7 Å². The zero-order valence-corrected chi connectivity index (χ0v) is 12.9. The average molecular weight is 299 g/mol. The van der Waals surface area contributed by atoms with Gasteiger partial charge >= 0.3 is 0 Å². The van der Waals surface area contributed by atoms with Crippen molar-refractivity contribution in [1.29, 1.82) is 0 Å². The molecule has 2 bridgehead atoms. The molecule has 2 heterocycles. The van der Waals surface area contributed by atoms with Gasteiger partial charge in [-0.25, -0.2) is 0 Å². The van der Waals surface area contributed by atoms with Crippen molar-refractivity contribution in [1.82, 2.24) is 4.90 Å². The van der Waals surface area contributed by atoms with Gasteiger partial charge < -0.3 is 19.8 Å². The van der Waals surface area contributed by atoms with Gasteiger partial charge in [0.25, 0.3) is 0 Å². The number of likely N-dealkylation sites (N-methyl/N-ethyl adjacent to an activating group) is 1. The van der Waals surface area contributed by atoms with Crippen molar-refractivity contribution in [3.05, 3.63) is 35.4 Å². The molecule has 0 saturated carbocycles. The molecular formula is C18H21NO3. The van der Waals surface area contributed by atoms with Gasteiger partial charge in [-0.15, -0.1) is 0 Å². The van der Waals surface area contributed by atoms with Gasteiger partial charge in [-0.3, -0.25) is 0 Å². The van der Waals surface area contributed by atoms with Gasteiger partial charge in [-0.1, -0.05) is 18.2 Å². The number of benzene rings is 1. The van der Waals surface area contributed by atoms with Crippen LogP contribution in [-0.4, -0.2) is 46.5 Å². The SMILES string of the molecule is CN1CC[C@]23c4c5ccc(O)c4O[C@@]2(C)[C@@H](O)C=C[C@H]3[C@H]1C5. The Morgan fingerprint density at radius 1 is 1.32 bits per heavy atom. The van der Waals surface area contributed by atoms with Gasteiger partial charge in [0.2, 0.25) is 0 Å². The molecule has 5 atom stereocenters. The fraction of sp³-hybridized carbons (Fsp3) is 0.556. The summed E-state index contributed by atoms with van der Waals surface area (Å²) in [5.74, 6) is 1.14. The average Bonchev–Trinajstić information content (AvgIpc) is 2.78. The van der Waals surface area contributed by atoms with Crippen molar-refractivity contribution in [3.8, 4) is 11.5 Å². The number of aliphatic hydroxyl groups is 1. The van der Waals surface area contributed by atoms with E-state index in [2.05, 4.69) is 18.0 Å². The third-order valence-electron chi connectivity index (χ3n) is 6.77. The summed E-state index contributed by atoms with van der Waals surface area (Å²) in [6, 6.07) is 4.21. The highest BCUT2D eigenvalue weighted by Crippen LogP contribution is 2.66. The highest BCUT2D eigenvalue weighted by atomic mass is 16.5. The lowest BCUT2D eigenvalue weighted by Gasteiger charge is -2.60. The maximum absolute atomic E-state index is 10.7. The summed E-state index contributed by atoms with van der Waals surface area (Å²) >= 11 is 0.